The maximum atomic E-state index is 3.65. The molecule has 1 aromatic heterocycles. The molecule has 0 fully saturated rings. The molecule has 1 heterocycles. The second-order valence-corrected chi connectivity index (χ2v) is 7.88. The zero-order valence-electron chi connectivity index (χ0n) is 12.0. The Morgan fingerprint density at radius 1 is 1.25 bits per heavy atom. The molecule has 0 saturated heterocycles. The van der Waals surface area contributed by atoms with Gasteiger partial charge in [0.1, 0.15) is 0 Å². The van der Waals surface area contributed by atoms with E-state index < -0.39 is 0 Å². The summed E-state index contributed by atoms with van der Waals surface area (Å²) in [6, 6.07) is 9.67. The molecule has 1 N–H and O–H groups in total. The van der Waals surface area contributed by atoms with Crippen LogP contribution >= 0.6 is 27.3 Å². The van der Waals surface area contributed by atoms with Gasteiger partial charge in [-0.2, -0.15) is 0 Å². The number of aryl methyl sites for hydroxylation is 3. The van der Waals surface area contributed by atoms with E-state index in [1.807, 2.05) is 11.3 Å². The monoisotopic (exact) mass is 349 g/mol. The summed E-state index contributed by atoms with van der Waals surface area (Å²) in [5, 5.41) is 3.64. The first-order valence-electron chi connectivity index (χ1n) is 7.30. The summed E-state index contributed by atoms with van der Waals surface area (Å²) in [6.07, 6.45) is 3.81. The molecule has 0 bridgehead atoms. The summed E-state index contributed by atoms with van der Waals surface area (Å²) in [5.74, 6) is 0. The Morgan fingerprint density at radius 2 is 2.05 bits per heavy atom. The summed E-state index contributed by atoms with van der Waals surface area (Å²) < 4.78 is 1.25. The molecule has 3 heteroatoms. The fourth-order valence-electron chi connectivity index (χ4n) is 2.98. The molecule has 1 unspecified atom stereocenters. The van der Waals surface area contributed by atoms with Crippen LogP contribution in [0.4, 0.5) is 0 Å². The summed E-state index contributed by atoms with van der Waals surface area (Å²) >= 11 is 5.49. The van der Waals surface area contributed by atoms with Crippen LogP contribution in [0.15, 0.2) is 28.1 Å². The van der Waals surface area contributed by atoms with E-state index in [9.17, 15) is 0 Å². The molecule has 0 amide bonds. The standard InChI is InChI=1S/C17H20BrNS/c1-3-19-16(15-9-11(2)17(18)20-15)14-8-7-12-5-4-6-13(12)10-14/h7-10,16,19H,3-6H2,1-2H3. The van der Waals surface area contributed by atoms with Gasteiger partial charge >= 0.3 is 0 Å². The maximum Gasteiger partial charge on any atom is 0.0731 e. The van der Waals surface area contributed by atoms with Crippen LogP contribution in [0.25, 0.3) is 0 Å². The normalized spacial score (nSPS) is 15.3. The molecule has 0 aliphatic heterocycles. The first-order chi connectivity index (χ1) is 9.69. The molecule has 3 rings (SSSR count). The number of halogens is 1. The van der Waals surface area contributed by atoms with Crippen molar-refractivity contribution in [3.63, 3.8) is 0 Å². The van der Waals surface area contributed by atoms with Crippen LogP contribution in [0.3, 0.4) is 0 Å². The van der Waals surface area contributed by atoms with Crippen molar-refractivity contribution in [3.05, 3.63) is 55.2 Å². The van der Waals surface area contributed by atoms with E-state index in [0.29, 0.717) is 6.04 Å². The van der Waals surface area contributed by atoms with E-state index in [1.165, 1.54) is 39.1 Å². The Morgan fingerprint density at radius 3 is 2.75 bits per heavy atom. The molecular weight excluding hydrogens is 330 g/mol. The van der Waals surface area contributed by atoms with Gasteiger partial charge in [-0.1, -0.05) is 25.1 Å². The molecule has 1 aliphatic rings. The van der Waals surface area contributed by atoms with Gasteiger partial charge in [0, 0.05) is 4.88 Å². The number of thiophene rings is 1. The minimum Gasteiger partial charge on any atom is -0.306 e. The van der Waals surface area contributed by atoms with E-state index in [0.717, 1.165) is 6.54 Å². The lowest BCUT2D eigenvalue weighted by atomic mass is 9.99. The number of hydrogen-bond acceptors (Lipinski definition) is 2. The first kappa shape index (κ1) is 14.3. The van der Waals surface area contributed by atoms with Crippen LogP contribution in [-0.4, -0.2) is 6.54 Å². The van der Waals surface area contributed by atoms with Crippen LogP contribution in [0.2, 0.25) is 0 Å². The van der Waals surface area contributed by atoms with Gasteiger partial charge in [0.15, 0.2) is 0 Å². The van der Waals surface area contributed by atoms with Crippen LogP contribution < -0.4 is 5.32 Å². The fraction of sp³-hybridized carbons (Fsp3) is 0.412. The smallest absolute Gasteiger partial charge is 0.0731 e. The Bertz CT molecular complexity index is 598. The zero-order valence-corrected chi connectivity index (χ0v) is 14.4. The molecule has 1 nitrogen and oxygen atoms in total. The molecule has 106 valence electrons. The summed E-state index contributed by atoms with van der Waals surface area (Å²) in [6.45, 7) is 5.32. The van der Waals surface area contributed by atoms with Crippen LogP contribution in [0.5, 0.6) is 0 Å². The van der Waals surface area contributed by atoms with Crippen molar-refractivity contribution < 1.29 is 0 Å². The Hall–Kier alpha value is -0.640. The van der Waals surface area contributed by atoms with Crippen LogP contribution in [0.1, 0.15) is 46.5 Å². The lowest BCUT2D eigenvalue weighted by Gasteiger charge is -2.18. The average Bonchev–Trinajstić information content (AvgIpc) is 3.02. The van der Waals surface area contributed by atoms with Crippen molar-refractivity contribution in [2.24, 2.45) is 0 Å². The van der Waals surface area contributed by atoms with Crippen molar-refractivity contribution in [2.45, 2.75) is 39.2 Å². The van der Waals surface area contributed by atoms with Crippen molar-refractivity contribution in [2.75, 3.05) is 6.54 Å². The second kappa shape index (κ2) is 6.00. The number of hydrogen-bond donors (Lipinski definition) is 1. The summed E-state index contributed by atoms with van der Waals surface area (Å²) in [4.78, 5) is 1.40. The largest absolute Gasteiger partial charge is 0.306 e. The molecule has 1 aliphatic carbocycles. The van der Waals surface area contributed by atoms with Gasteiger partial charge in [-0.15, -0.1) is 11.3 Å². The van der Waals surface area contributed by atoms with Crippen LogP contribution in [-0.2, 0) is 12.8 Å². The zero-order chi connectivity index (χ0) is 14.1. The third-order valence-electron chi connectivity index (χ3n) is 4.02. The highest BCUT2D eigenvalue weighted by Gasteiger charge is 2.19. The Kier molecular flexibility index (Phi) is 4.29. The Labute approximate surface area is 133 Å². The van der Waals surface area contributed by atoms with Crippen molar-refractivity contribution >= 4 is 27.3 Å². The summed E-state index contributed by atoms with van der Waals surface area (Å²) in [5.41, 5.74) is 5.83. The van der Waals surface area contributed by atoms with Gasteiger partial charge < -0.3 is 5.32 Å². The molecule has 0 radical (unpaired) electrons. The topological polar surface area (TPSA) is 12.0 Å². The third-order valence-corrected chi connectivity index (χ3v) is 6.23. The molecule has 20 heavy (non-hydrogen) atoms. The van der Waals surface area contributed by atoms with E-state index in [-0.39, 0.29) is 0 Å². The van der Waals surface area contributed by atoms with Crippen molar-refractivity contribution in [1.82, 2.24) is 5.32 Å². The molecular formula is C17H20BrNS. The fourth-order valence-corrected chi connectivity index (χ4v) is 4.66. The van der Waals surface area contributed by atoms with Gasteiger partial charge in [0.2, 0.25) is 0 Å². The van der Waals surface area contributed by atoms with Crippen LogP contribution in [0, 0.1) is 6.92 Å². The number of rotatable bonds is 4. The maximum absolute atomic E-state index is 3.65. The molecule has 2 aromatic rings. The van der Waals surface area contributed by atoms with E-state index in [1.54, 1.807) is 11.1 Å². The predicted octanol–water partition coefficient (Wildman–Crippen LogP) is 5.01. The highest BCUT2D eigenvalue weighted by Crippen LogP contribution is 2.35. The van der Waals surface area contributed by atoms with Crippen molar-refractivity contribution in [1.29, 1.82) is 0 Å². The minimum absolute atomic E-state index is 0.320. The number of fused-ring (bicyclic) bond motifs is 1. The predicted molar refractivity (Wildman–Crippen MR) is 90.7 cm³/mol. The highest BCUT2D eigenvalue weighted by molar-refractivity contribution is 9.11. The number of nitrogens with one attached hydrogen (secondary N) is 1. The Balaban J connectivity index is 1.98. The molecule has 0 saturated carbocycles. The third kappa shape index (κ3) is 2.72. The second-order valence-electron chi connectivity index (χ2n) is 5.48. The number of benzene rings is 1. The van der Waals surface area contributed by atoms with Gasteiger partial charge in [0.25, 0.3) is 0 Å². The van der Waals surface area contributed by atoms with E-state index >= 15 is 0 Å². The summed E-state index contributed by atoms with van der Waals surface area (Å²) in [7, 11) is 0. The van der Waals surface area contributed by atoms with Crippen molar-refractivity contribution in [3.8, 4) is 0 Å². The van der Waals surface area contributed by atoms with E-state index in [4.69, 9.17) is 0 Å². The van der Waals surface area contributed by atoms with Gasteiger partial charge in [0.05, 0.1) is 9.83 Å². The first-order valence-corrected chi connectivity index (χ1v) is 8.91. The molecule has 1 aromatic carbocycles. The highest BCUT2D eigenvalue weighted by atomic mass is 79.9. The lowest BCUT2D eigenvalue weighted by Crippen LogP contribution is -2.21. The molecule has 0 spiro atoms. The van der Waals surface area contributed by atoms with E-state index in [2.05, 4.69) is 59.4 Å². The lowest BCUT2D eigenvalue weighted by molar-refractivity contribution is 0.639. The molecule has 1 atom stereocenters. The van der Waals surface area contributed by atoms with Gasteiger partial charge in [-0.3, -0.25) is 0 Å². The minimum atomic E-state index is 0.320. The SMILES string of the molecule is CCNC(c1ccc2c(c1)CCC2)c1cc(C)c(Br)s1. The average molecular weight is 350 g/mol. The van der Waals surface area contributed by atoms with Gasteiger partial charge in [-0.25, -0.2) is 0 Å². The quantitative estimate of drug-likeness (QED) is 0.818. The van der Waals surface area contributed by atoms with Gasteiger partial charge in [-0.05, 0) is 77.0 Å².